The zero-order valence-corrected chi connectivity index (χ0v) is 32.3. The highest BCUT2D eigenvalue weighted by molar-refractivity contribution is 6.00. The van der Waals surface area contributed by atoms with Gasteiger partial charge in [0, 0.05) is 22.2 Å². The van der Waals surface area contributed by atoms with Gasteiger partial charge in [-0.2, -0.15) is 0 Å². The Labute approximate surface area is 334 Å². The van der Waals surface area contributed by atoms with Gasteiger partial charge in [-0.15, -0.1) is 0 Å². The Morgan fingerprint density at radius 1 is 0.448 bits per heavy atom. The zero-order valence-electron chi connectivity index (χ0n) is 32.3. The lowest BCUT2D eigenvalue weighted by molar-refractivity contribution is 0.0592. The minimum absolute atomic E-state index is 0.414. The van der Waals surface area contributed by atoms with Crippen LogP contribution in [0.2, 0.25) is 0 Å². The Bertz CT molecular complexity index is 2790. The summed E-state index contributed by atoms with van der Waals surface area (Å²) in [5, 5.41) is 0. The van der Waals surface area contributed by atoms with Crippen molar-refractivity contribution in [2.24, 2.45) is 0 Å². The van der Waals surface area contributed by atoms with Crippen LogP contribution in [0.5, 0.6) is 0 Å². The number of carbonyl (C=O) groups excluding carboxylic acids is 2. The average molecular weight is 760 g/mol. The molecule has 0 saturated carbocycles. The molecule has 2 aliphatic heterocycles. The summed E-state index contributed by atoms with van der Waals surface area (Å²) in [5.74, 6) is -0.829. The second-order valence-corrected chi connectivity index (χ2v) is 14.3. The molecule has 9 rings (SSSR count). The average Bonchev–Trinajstić information content (AvgIpc) is 4.10. The maximum atomic E-state index is 12.4. The number of hydrogen-bond donors (Lipinski definition) is 1. The van der Waals surface area contributed by atoms with E-state index in [-0.39, 0.29) is 0 Å². The number of H-pyrrole nitrogens is 1. The Morgan fingerprint density at radius 2 is 0.776 bits per heavy atom. The number of benzene rings is 4. The first-order valence-electron chi connectivity index (χ1n) is 18.9. The molecule has 0 fully saturated rings. The topological polar surface area (TPSA) is 107 Å². The summed E-state index contributed by atoms with van der Waals surface area (Å²) < 4.78 is 16.9. The molecule has 0 spiro atoms. The van der Waals surface area contributed by atoms with Crippen molar-refractivity contribution < 1.29 is 23.5 Å². The number of ether oxygens (including phenoxy) is 2. The fourth-order valence-electron chi connectivity index (χ4n) is 7.51. The Kier molecular flexibility index (Phi) is 9.22. The normalized spacial score (nSPS) is 11.8. The third-order valence-corrected chi connectivity index (χ3v) is 10.5. The van der Waals surface area contributed by atoms with Crippen LogP contribution in [0.15, 0.2) is 126 Å². The van der Waals surface area contributed by atoms with Crippen LogP contribution < -0.4 is 0 Å². The van der Waals surface area contributed by atoms with Crippen LogP contribution in [0.3, 0.4) is 0 Å². The molecule has 8 nitrogen and oxygen atoms in total. The van der Waals surface area contributed by atoms with Crippen molar-refractivity contribution >= 4 is 58.4 Å². The molecule has 58 heavy (non-hydrogen) atoms. The minimum Gasteiger partial charge on any atom is -0.465 e. The molecule has 0 atom stereocenters. The van der Waals surface area contributed by atoms with Crippen LogP contribution >= 0.6 is 0 Å². The van der Waals surface area contributed by atoms with E-state index in [0.29, 0.717) is 22.3 Å². The maximum Gasteiger partial charge on any atom is 0.337 e. The molecule has 0 amide bonds. The third kappa shape index (κ3) is 6.60. The SMILES string of the molecule is COC(=O)c1ccc(-c2c3nc(c(-c4ccc(C)cc4)c4ccc(o4)c(-c4ccc(C)cc4)c4nc(c(-c5ccc(C(=O)OC)cc5)c5ccc2[nH]5)C=C4)C=C3)cc1. The highest BCUT2D eigenvalue weighted by Crippen LogP contribution is 2.39. The van der Waals surface area contributed by atoms with E-state index in [2.05, 4.69) is 67.4 Å². The number of methoxy groups -OCH3 is 2. The molecule has 0 unspecified atom stereocenters. The summed E-state index contributed by atoms with van der Waals surface area (Å²) in [6.45, 7) is 4.14. The van der Waals surface area contributed by atoms with E-state index in [1.807, 2.05) is 72.8 Å². The molecule has 1 N–H and O–H groups in total. The van der Waals surface area contributed by atoms with Crippen LogP contribution in [0.4, 0.5) is 0 Å². The van der Waals surface area contributed by atoms with Crippen LogP contribution in [0, 0.1) is 13.8 Å². The number of fused-ring (bicyclic) bond motifs is 8. The molecule has 7 aromatic rings. The van der Waals surface area contributed by atoms with Gasteiger partial charge in [-0.1, -0.05) is 83.9 Å². The summed E-state index contributed by atoms with van der Waals surface area (Å²) in [4.78, 5) is 39.2. The number of carbonyl (C=O) groups is 2. The number of aromatic nitrogens is 3. The highest BCUT2D eigenvalue weighted by Gasteiger charge is 2.20. The number of aryl methyl sites for hydroxylation is 2. The summed E-state index contributed by atoms with van der Waals surface area (Å²) in [5.41, 5.74) is 16.0. The fourth-order valence-corrected chi connectivity index (χ4v) is 7.51. The smallest absolute Gasteiger partial charge is 0.337 e. The number of nitrogens with zero attached hydrogens (tertiary/aromatic N) is 2. The predicted molar refractivity (Wildman–Crippen MR) is 231 cm³/mol. The van der Waals surface area contributed by atoms with Crippen LogP contribution in [0.25, 0.3) is 91.0 Å². The largest absolute Gasteiger partial charge is 0.465 e. The fraction of sp³-hybridized carbons (Fsp3) is 0.0800. The summed E-state index contributed by atoms with van der Waals surface area (Å²) >= 11 is 0. The van der Waals surface area contributed by atoms with Gasteiger partial charge in [-0.3, -0.25) is 0 Å². The molecule has 8 bridgehead atoms. The van der Waals surface area contributed by atoms with Crippen molar-refractivity contribution in [1.29, 1.82) is 0 Å². The lowest BCUT2D eigenvalue weighted by Gasteiger charge is -2.08. The van der Waals surface area contributed by atoms with Gasteiger partial charge in [0.25, 0.3) is 0 Å². The Balaban J connectivity index is 1.42. The van der Waals surface area contributed by atoms with Crippen molar-refractivity contribution in [2.45, 2.75) is 13.8 Å². The molecule has 5 heterocycles. The van der Waals surface area contributed by atoms with E-state index in [0.717, 1.165) is 89.4 Å². The quantitative estimate of drug-likeness (QED) is 0.168. The molecule has 0 saturated heterocycles. The molecule has 3 aromatic heterocycles. The number of nitrogens with one attached hydrogen (secondary N) is 1. The van der Waals surface area contributed by atoms with Crippen molar-refractivity contribution in [2.75, 3.05) is 14.2 Å². The van der Waals surface area contributed by atoms with Gasteiger partial charge in [0.2, 0.25) is 0 Å². The van der Waals surface area contributed by atoms with Gasteiger partial charge in [0.1, 0.15) is 11.2 Å². The number of esters is 2. The Hall–Kier alpha value is -7.58. The molecule has 4 aromatic carbocycles. The first-order valence-corrected chi connectivity index (χ1v) is 18.9. The summed E-state index contributed by atoms with van der Waals surface area (Å²) in [7, 11) is 2.74. The molecular weight excluding hydrogens is 723 g/mol. The Morgan fingerprint density at radius 3 is 1.14 bits per heavy atom. The number of rotatable bonds is 6. The molecule has 0 radical (unpaired) electrons. The molecular formula is C50H37N3O5. The molecule has 0 aliphatic carbocycles. The van der Waals surface area contributed by atoms with E-state index in [1.54, 1.807) is 24.3 Å². The second kappa shape index (κ2) is 14.8. The third-order valence-electron chi connectivity index (χ3n) is 10.5. The first-order chi connectivity index (χ1) is 28.3. The van der Waals surface area contributed by atoms with Gasteiger partial charge in [-0.25, -0.2) is 19.6 Å². The molecule has 282 valence electrons. The van der Waals surface area contributed by atoms with Gasteiger partial charge >= 0.3 is 11.9 Å². The van der Waals surface area contributed by atoms with E-state index >= 15 is 0 Å². The van der Waals surface area contributed by atoms with Crippen LogP contribution in [-0.4, -0.2) is 41.1 Å². The number of aromatic amines is 1. The monoisotopic (exact) mass is 759 g/mol. The number of hydrogen-bond acceptors (Lipinski definition) is 7. The first kappa shape index (κ1) is 36.1. The lowest BCUT2D eigenvalue weighted by Crippen LogP contribution is -2.00. The van der Waals surface area contributed by atoms with Crippen molar-refractivity contribution in [3.05, 3.63) is 166 Å². The highest BCUT2D eigenvalue weighted by atomic mass is 16.5. The summed E-state index contributed by atoms with van der Waals surface area (Å²) in [6.07, 6.45) is 8.07. The lowest BCUT2D eigenvalue weighted by atomic mass is 10.0. The van der Waals surface area contributed by atoms with Crippen molar-refractivity contribution in [1.82, 2.24) is 15.0 Å². The van der Waals surface area contributed by atoms with Crippen LogP contribution in [0.1, 0.15) is 54.6 Å². The van der Waals surface area contributed by atoms with Crippen molar-refractivity contribution in [3.8, 4) is 44.5 Å². The molecule has 2 aliphatic rings. The number of furan rings is 1. The zero-order chi connectivity index (χ0) is 39.9. The van der Waals surface area contributed by atoms with Gasteiger partial charge in [0.15, 0.2) is 0 Å². The molecule has 8 heteroatoms. The van der Waals surface area contributed by atoms with Gasteiger partial charge < -0.3 is 18.9 Å². The second-order valence-electron chi connectivity index (χ2n) is 14.3. The summed E-state index contributed by atoms with van der Waals surface area (Å²) in [6, 6.07) is 39.5. The van der Waals surface area contributed by atoms with Gasteiger partial charge in [-0.05, 0) is 109 Å². The van der Waals surface area contributed by atoms with Crippen molar-refractivity contribution in [3.63, 3.8) is 0 Å². The standard InChI is InChI=1S/C50H37N3O5/c1-29-5-9-33(10-6-29)47-41-25-23-39(52-41)45(31-13-17-35(18-14-31)49(54)56-3)37-21-22-38(51-37)46(32-15-19-36(20-16-32)50(55)57-4)40-24-26-42(53-40)48(44-28-27-43(47)58-44)34-11-7-30(2)8-12-34/h5-28,51H,1-4H3. The van der Waals surface area contributed by atoms with E-state index in [9.17, 15) is 9.59 Å². The van der Waals surface area contributed by atoms with E-state index < -0.39 is 11.9 Å². The predicted octanol–water partition coefficient (Wildman–Crippen LogP) is 11.8. The maximum absolute atomic E-state index is 12.4. The van der Waals surface area contributed by atoms with Crippen LogP contribution in [-0.2, 0) is 9.47 Å². The van der Waals surface area contributed by atoms with E-state index in [4.69, 9.17) is 23.9 Å². The van der Waals surface area contributed by atoms with Gasteiger partial charge in [0.05, 0.1) is 59.2 Å². The van der Waals surface area contributed by atoms with E-state index in [1.165, 1.54) is 14.2 Å². The minimum atomic E-state index is -0.414.